The second kappa shape index (κ2) is 7.97. The first-order valence-corrected chi connectivity index (χ1v) is 8.13. The van der Waals surface area contributed by atoms with Crippen LogP contribution < -0.4 is 5.43 Å². The zero-order valence-electron chi connectivity index (χ0n) is 13.1. The standard InChI is InChI=1S/C17H25F3N2/c1-2-3-9-21-22-10-7-14(8-11-22)12-15-5-4-6-16(13-15)17(18,19)20/h4-6,13-14,21H,2-3,7-12H2,1H3. The van der Waals surface area contributed by atoms with Gasteiger partial charge in [-0.3, -0.25) is 5.43 Å². The van der Waals surface area contributed by atoms with E-state index in [1.54, 1.807) is 6.07 Å². The van der Waals surface area contributed by atoms with E-state index in [0.29, 0.717) is 5.92 Å². The van der Waals surface area contributed by atoms with E-state index in [-0.39, 0.29) is 0 Å². The molecular weight excluding hydrogens is 289 g/mol. The van der Waals surface area contributed by atoms with Crippen molar-refractivity contribution in [3.8, 4) is 0 Å². The molecule has 0 spiro atoms. The molecule has 1 aromatic rings. The first-order valence-electron chi connectivity index (χ1n) is 8.13. The van der Waals surface area contributed by atoms with E-state index in [1.807, 2.05) is 0 Å². The molecule has 0 bridgehead atoms. The predicted octanol–water partition coefficient (Wildman–Crippen LogP) is 4.26. The van der Waals surface area contributed by atoms with Gasteiger partial charge in [0, 0.05) is 19.6 Å². The monoisotopic (exact) mass is 314 g/mol. The van der Waals surface area contributed by atoms with Gasteiger partial charge in [0.25, 0.3) is 0 Å². The number of hydrogen-bond donors (Lipinski definition) is 1. The lowest BCUT2D eigenvalue weighted by molar-refractivity contribution is -0.137. The molecule has 22 heavy (non-hydrogen) atoms. The SMILES string of the molecule is CCCCNN1CCC(Cc2cccc(C(F)(F)F)c2)CC1. The van der Waals surface area contributed by atoms with Crippen LogP contribution >= 0.6 is 0 Å². The smallest absolute Gasteiger partial charge is 0.255 e. The summed E-state index contributed by atoms with van der Waals surface area (Å²) in [6.07, 6.45) is 0.920. The molecule has 1 heterocycles. The Morgan fingerprint density at radius 3 is 2.59 bits per heavy atom. The largest absolute Gasteiger partial charge is 0.416 e. The molecule has 1 aliphatic rings. The molecule has 1 aliphatic heterocycles. The van der Waals surface area contributed by atoms with Crippen molar-refractivity contribution < 1.29 is 13.2 Å². The number of hydrazine groups is 1. The van der Waals surface area contributed by atoms with Gasteiger partial charge in [0.2, 0.25) is 0 Å². The summed E-state index contributed by atoms with van der Waals surface area (Å²) >= 11 is 0. The average molecular weight is 314 g/mol. The number of alkyl halides is 3. The van der Waals surface area contributed by atoms with Crippen LogP contribution in [-0.4, -0.2) is 24.6 Å². The van der Waals surface area contributed by atoms with E-state index in [1.165, 1.54) is 25.0 Å². The molecular formula is C17H25F3N2. The van der Waals surface area contributed by atoms with Crippen molar-refractivity contribution in [3.63, 3.8) is 0 Å². The Balaban J connectivity index is 1.81. The van der Waals surface area contributed by atoms with Crippen molar-refractivity contribution in [2.45, 2.75) is 45.2 Å². The molecule has 0 radical (unpaired) electrons. The van der Waals surface area contributed by atoms with Crippen molar-refractivity contribution in [2.75, 3.05) is 19.6 Å². The highest BCUT2D eigenvalue weighted by Crippen LogP contribution is 2.30. The number of halogens is 3. The Morgan fingerprint density at radius 2 is 1.95 bits per heavy atom. The maximum absolute atomic E-state index is 12.7. The minimum absolute atomic E-state index is 0.479. The van der Waals surface area contributed by atoms with Crippen LogP contribution in [0.5, 0.6) is 0 Å². The molecule has 1 fully saturated rings. The average Bonchev–Trinajstić information content (AvgIpc) is 2.49. The minimum atomic E-state index is -4.25. The number of hydrogen-bond acceptors (Lipinski definition) is 2. The van der Waals surface area contributed by atoms with Gasteiger partial charge in [-0.15, -0.1) is 0 Å². The normalized spacial score (nSPS) is 17.8. The van der Waals surface area contributed by atoms with Crippen LogP contribution in [-0.2, 0) is 12.6 Å². The van der Waals surface area contributed by atoms with Crippen molar-refractivity contribution >= 4 is 0 Å². The van der Waals surface area contributed by atoms with Gasteiger partial charge in [-0.25, -0.2) is 5.01 Å². The summed E-state index contributed by atoms with van der Waals surface area (Å²) in [5.41, 5.74) is 3.68. The van der Waals surface area contributed by atoms with Crippen LogP contribution in [0, 0.1) is 5.92 Å². The second-order valence-corrected chi connectivity index (χ2v) is 6.09. The molecule has 0 unspecified atom stereocenters. The van der Waals surface area contributed by atoms with Gasteiger partial charge in [0.05, 0.1) is 5.56 Å². The van der Waals surface area contributed by atoms with E-state index < -0.39 is 11.7 Å². The van der Waals surface area contributed by atoms with Crippen molar-refractivity contribution in [3.05, 3.63) is 35.4 Å². The summed E-state index contributed by atoms with van der Waals surface area (Å²) in [5.74, 6) is 0.479. The van der Waals surface area contributed by atoms with Gasteiger partial charge in [0.15, 0.2) is 0 Å². The molecule has 2 nitrogen and oxygen atoms in total. The Hall–Kier alpha value is -1.07. The van der Waals surface area contributed by atoms with Crippen molar-refractivity contribution in [1.29, 1.82) is 0 Å². The van der Waals surface area contributed by atoms with Crippen LogP contribution in [0.15, 0.2) is 24.3 Å². The summed E-state index contributed by atoms with van der Waals surface area (Å²) < 4.78 is 38.2. The lowest BCUT2D eigenvalue weighted by atomic mass is 9.90. The fourth-order valence-corrected chi connectivity index (χ4v) is 2.92. The molecule has 0 saturated carbocycles. The summed E-state index contributed by atoms with van der Waals surface area (Å²) in [6, 6.07) is 5.76. The van der Waals surface area contributed by atoms with Gasteiger partial charge < -0.3 is 0 Å². The molecule has 2 rings (SSSR count). The summed E-state index contributed by atoms with van der Waals surface area (Å²) in [4.78, 5) is 0. The highest BCUT2D eigenvalue weighted by molar-refractivity contribution is 5.26. The Morgan fingerprint density at radius 1 is 1.23 bits per heavy atom. The zero-order chi connectivity index (χ0) is 16.0. The third-order valence-corrected chi connectivity index (χ3v) is 4.26. The number of unbranched alkanes of at least 4 members (excludes halogenated alkanes) is 1. The number of nitrogens with zero attached hydrogens (tertiary/aromatic N) is 1. The van der Waals surface area contributed by atoms with Crippen LogP contribution in [0.25, 0.3) is 0 Å². The third-order valence-electron chi connectivity index (χ3n) is 4.26. The highest BCUT2D eigenvalue weighted by atomic mass is 19.4. The predicted molar refractivity (Wildman–Crippen MR) is 82.4 cm³/mol. The molecule has 1 N–H and O–H groups in total. The molecule has 0 aliphatic carbocycles. The molecule has 124 valence electrons. The van der Waals surface area contributed by atoms with E-state index in [4.69, 9.17) is 0 Å². The first-order chi connectivity index (χ1) is 10.5. The summed E-state index contributed by atoms with van der Waals surface area (Å²) in [7, 11) is 0. The third kappa shape index (κ3) is 5.29. The maximum atomic E-state index is 12.7. The Kier molecular flexibility index (Phi) is 6.26. The van der Waals surface area contributed by atoms with Gasteiger partial charge in [-0.2, -0.15) is 13.2 Å². The lowest BCUT2D eigenvalue weighted by Crippen LogP contribution is -2.44. The van der Waals surface area contributed by atoms with Crippen LogP contribution in [0.4, 0.5) is 13.2 Å². The number of nitrogens with one attached hydrogen (secondary N) is 1. The first kappa shape index (κ1) is 17.3. The van der Waals surface area contributed by atoms with Gasteiger partial charge in [0.1, 0.15) is 0 Å². The zero-order valence-corrected chi connectivity index (χ0v) is 13.1. The number of piperidine rings is 1. The molecule has 1 aromatic carbocycles. The van der Waals surface area contributed by atoms with Gasteiger partial charge in [-0.1, -0.05) is 31.5 Å². The number of rotatable bonds is 6. The minimum Gasteiger partial charge on any atom is -0.255 e. The fraction of sp³-hybridized carbons (Fsp3) is 0.647. The van der Waals surface area contributed by atoms with E-state index in [2.05, 4.69) is 17.4 Å². The van der Waals surface area contributed by atoms with Crippen LogP contribution in [0.2, 0.25) is 0 Å². The summed E-state index contributed by atoms with van der Waals surface area (Å²) in [6.45, 7) is 5.14. The highest BCUT2D eigenvalue weighted by Gasteiger charge is 2.30. The van der Waals surface area contributed by atoms with E-state index in [0.717, 1.165) is 50.5 Å². The molecule has 0 atom stereocenters. The molecule has 5 heteroatoms. The quantitative estimate of drug-likeness (QED) is 0.789. The van der Waals surface area contributed by atoms with Gasteiger partial charge >= 0.3 is 6.18 Å². The number of benzene rings is 1. The van der Waals surface area contributed by atoms with Crippen LogP contribution in [0.1, 0.15) is 43.7 Å². The summed E-state index contributed by atoms with van der Waals surface area (Å²) in [5, 5.41) is 2.25. The van der Waals surface area contributed by atoms with E-state index in [9.17, 15) is 13.2 Å². The molecule has 0 aromatic heterocycles. The van der Waals surface area contributed by atoms with Crippen molar-refractivity contribution in [2.24, 2.45) is 5.92 Å². The van der Waals surface area contributed by atoms with Crippen molar-refractivity contribution in [1.82, 2.24) is 10.4 Å². The molecule has 1 saturated heterocycles. The fourth-order valence-electron chi connectivity index (χ4n) is 2.92. The second-order valence-electron chi connectivity index (χ2n) is 6.09. The maximum Gasteiger partial charge on any atom is 0.416 e. The Bertz CT molecular complexity index is 451. The topological polar surface area (TPSA) is 15.3 Å². The molecule has 0 amide bonds. The van der Waals surface area contributed by atoms with Crippen LogP contribution in [0.3, 0.4) is 0 Å². The van der Waals surface area contributed by atoms with Gasteiger partial charge in [-0.05, 0) is 43.2 Å². The van der Waals surface area contributed by atoms with E-state index >= 15 is 0 Å². The lowest BCUT2D eigenvalue weighted by Gasteiger charge is -2.32. The Labute approximate surface area is 130 Å².